The van der Waals surface area contributed by atoms with Gasteiger partial charge in [-0.05, 0) is 12.2 Å². The molecule has 0 unspecified atom stereocenters. The van der Waals surface area contributed by atoms with Crippen molar-refractivity contribution in [2.75, 3.05) is 12.4 Å². The van der Waals surface area contributed by atoms with Gasteiger partial charge in [0.15, 0.2) is 16.6 Å². The number of carbonyl (C=O) groups excluding carboxylic acids is 1. The van der Waals surface area contributed by atoms with E-state index in [0.29, 0.717) is 5.82 Å². The molecule has 0 atom stereocenters. The number of nitrogens with two attached hydrogens (primary N) is 1. The predicted octanol–water partition coefficient (Wildman–Crippen LogP) is -0.942. The second kappa shape index (κ2) is 4.67. The summed E-state index contributed by atoms with van der Waals surface area (Å²) in [6.45, 7) is 0. The highest BCUT2D eigenvalue weighted by molar-refractivity contribution is 7.80. The molecule has 1 heterocycles. The van der Waals surface area contributed by atoms with Crippen molar-refractivity contribution in [2.45, 2.75) is 0 Å². The van der Waals surface area contributed by atoms with Gasteiger partial charge in [-0.25, -0.2) is 0 Å². The molecule has 7 nitrogen and oxygen atoms in total. The number of aromatic nitrogens is 2. The van der Waals surface area contributed by atoms with Gasteiger partial charge in [0.1, 0.15) is 0 Å². The Balaban J connectivity index is 2.64. The molecule has 0 aliphatic rings. The topological polar surface area (TPSA) is 105 Å². The van der Waals surface area contributed by atoms with Crippen LogP contribution in [-0.2, 0) is 0 Å². The Morgan fingerprint density at radius 2 is 2.21 bits per heavy atom. The monoisotopic (exact) mass is 232 g/mol. The van der Waals surface area contributed by atoms with Crippen molar-refractivity contribution in [1.29, 1.82) is 0 Å². The number of hydrazine groups is 1. The summed E-state index contributed by atoms with van der Waals surface area (Å²) in [6, 6.07) is 0. The largest absolute Gasteiger partial charge is 0.375 e. The molecule has 1 aromatic heterocycles. The van der Waals surface area contributed by atoms with Crippen LogP contribution in [0.15, 0.2) is 0 Å². The first-order chi connectivity index (χ1) is 6.65. The third kappa shape index (κ3) is 2.50. The lowest BCUT2D eigenvalue weighted by molar-refractivity contribution is 0.0941. The van der Waals surface area contributed by atoms with Gasteiger partial charge in [0.05, 0.1) is 11.7 Å². The second-order valence-electron chi connectivity index (χ2n) is 2.15. The first-order valence-corrected chi connectivity index (χ1v) is 4.65. The molecule has 0 bridgehead atoms. The zero-order chi connectivity index (χ0) is 10.6. The lowest BCUT2D eigenvalue weighted by Gasteiger charge is -2.04. The van der Waals surface area contributed by atoms with Crippen molar-refractivity contribution in [2.24, 2.45) is 5.73 Å². The number of anilines is 1. The Bertz CT molecular complexity index is 350. The van der Waals surface area contributed by atoms with Crippen LogP contribution in [0.3, 0.4) is 0 Å². The molecule has 9 heteroatoms. The van der Waals surface area contributed by atoms with Gasteiger partial charge in [-0.1, -0.05) is 0 Å². The minimum absolute atomic E-state index is 0.0208. The van der Waals surface area contributed by atoms with E-state index in [-0.39, 0.29) is 10.8 Å². The van der Waals surface area contributed by atoms with Crippen LogP contribution in [-0.4, -0.2) is 26.8 Å². The molecule has 0 saturated carbocycles. The van der Waals surface area contributed by atoms with E-state index in [9.17, 15) is 4.79 Å². The first-order valence-electron chi connectivity index (χ1n) is 3.51. The van der Waals surface area contributed by atoms with Crippen LogP contribution >= 0.6 is 23.9 Å². The van der Waals surface area contributed by atoms with Crippen LogP contribution in [0.4, 0.5) is 5.82 Å². The van der Waals surface area contributed by atoms with Gasteiger partial charge in [-0.2, -0.15) is 8.75 Å². The molecule has 5 N–H and O–H groups in total. The molecule has 0 fully saturated rings. The van der Waals surface area contributed by atoms with Crippen LogP contribution in [0, 0.1) is 0 Å². The molecule has 0 spiro atoms. The summed E-state index contributed by atoms with van der Waals surface area (Å²) in [5.74, 6) is -0.0341. The van der Waals surface area contributed by atoms with E-state index in [1.54, 1.807) is 7.05 Å². The van der Waals surface area contributed by atoms with Crippen molar-refractivity contribution in [1.82, 2.24) is 19.6 Å². The Morgan fingerprint density at radius 3 is 2.79 bits per heavy atom. The minimum Gasteiger partial charge on any atom is -0.375 e. The minimum atomic E-state index is -0.448. The average Bonchev–Trinajstić information content (AvgIpc) is 2.61. The van der Waals surface area contributed by atoms with Gasteiger partial charge < -0.3 is 11.1 Å². The van der Waals surface area contributed by atoms with E-state index >= 15 is 0 Å². The summed E-state index contributed by atoms with van der Waals surface area (Å²) in [7, 11) is 1.65. The molecule has 1 rings (SSSR count). The summed E-state index contributed by atoms with van der Waals surface area (Å²) in [5, 5.41) is 2.71. The number of amides is 1. The number of nitrogens with zero attached hydrogens (tertiary/aromatic N) is 2. The SMILES string of the molecule is CNc1nsnc1C(=O)NNC(N)=S. The number of carbonyl (C=O) groups is 1. The molecule has 1 aromatic rings. The Kier molecular flexibility index (Phi) is 3.54. The van der Waals surface area contributed by atoms with E-state index in [2.05, 4.69) is 37.1 Å². The molecule has 0 aliphatic carbocycles. The Labute approximate surface area is 89.4 Å². The molecule has 14 heavy (non-hydrogen) atoms. The molecule has 0 saturated heterocycles. The lowest BCUT2D eigenvalue weighted by atomic mass is 10.4. The van der Waals surface area contributed by atoms with E-state index < -0.39 is 5.91 Å². The molecular weight excluding hydrogens is 224 g/mol. The smallest absolute Gasteiger partial charge is 0.293 e. The fourth-order valence-corrected chi connectivity index (χ4v) is 1.28. The van der Waals surface area contributed by atoms with Gasteiger partial charge >= 0.3 is 0 Å². The van der Waals surface area contributed by atoms with E-state index in [1.807, 2.05) is 0 Å². The molecule has 76 valence electrons. The summed E-state index contributed by atoms with van der Waals surface area (Å²) < 4.78 is 7.65. The van der Waals surface area contributed by atoms with Gasteiger partial charge in [0.25, 0.3) is 5.91 Å². The van der Waals surface area contributed by atoms with Crippen molar-refractivity contribution in [3.8, 4) is 0 Å². The van der Waals surface area contributed by atoms with Gasteiger partial charge in [0, 0.05) is 7.05 Å². The molecule has 0 aliphatic heterocycles. The maximum absolute atomic E-state index is 11.4. The number of rotatable bonds is 2. The van der Waals surface area contributed by atoms with Gasteiger partial charge in [-0.15, -0.1) is 0 Å². The zero-order valence-corrected chi connectivity index (χ0v) is 8.83. The third-order valence-corrected chi connectivity index (χ3v) is 1.87. The number of nitrogens with one attached hydrogen (secondary N) is 3. The quantitative estimate of drug-likeness (QED) is 0.385. The number of hydrogen-bond acceptors (Lipinski definition) is 6. The maximum Gasteiger partial charge on any atom is 0.293 e. The van der Waals surface area contributed by atoms with E-state index in [4.69, 9.17) is 5.73 Å². The highest BCUT2D eigenvalue weighted by atomic mass is 32.1. The van der Waals surface area contributed by atoms with Crippen molar-refractivity contribution in [3.05, 3.63) is 5.69 Å². The Hall–Kier alpha value is -1.48. The van der Waals surface area contributed by atoms with E-state index in [1.165, 1.54) is 0 Å². The zero-order valence-electron chi connectivity index (χ0n) is 7.20. The summed E-state index contributed by atoms with van der Waals surface area (Å²) in [4.78, 5) is 11.4. The first kappa shape index (κ1) is 10.6. The van der Waals surface area contributed by atoms with Crippen LogP contribution in [0.2, 0.25) is 0 Å². The molecule has 0 aromatic carbocycles. The highest BCUT2D eigenvalue weighted by Crippen LogP contribution is 2.10. The second-order valence-corrected chi connectivity index (χ2v) is 3.12. The van der Waals surface area contributed by atoms with Crippen LogP contribution in [0.1, 0.15) is 10.5 Å². The van der Waals surface area contributed by atoms with Crippen molar-refractivity contribution < 1.29 is 4.79 Å². The van der Waals surface area contributed by atoms with Crippen LogP contribution in [0.5, 0.6) is 0 Å². The lowest BCUT2D eigenvalue weighted by Crippen LogP contribution is -2.44. The number of thiocarbonyl (C=S) groups is 1. The normalized spacial score (nSPS) is 9.21. The fourth-order valence-electron chi connectivity index (χ4n) is 0.679. The summed E-state index contributed by atoms with van der Waals surface area (Å²) in [6.07, 6.45) is 0. The summed E-state index contributed by atoms with van der Waals surface area (Å²) >= 11 is 5.45. The van der Waals surface area contributed by atoms with Crippen molar-refractivity contribution >= 4 is 40.8 Å². The van der Waals surface area contributed by atoms with Gasteiger partial charge in [-0.3, -0.25) is 15.6 Å². The third-order valence-electron chi connectivity index (χ3n) is 1.24. The Morgan fingerprint density at radius 1 is 1.50 bits per heavy atom. The van der Waals surface area contributed by atoms with Gasteiger partial charge in [0.2, 0.25) is 0 Å². The average molecular weight is 232 g/mol. The standard InChI is InChI=1S/C5H8N6OS2/c1-7-3-2(10-14-11-3)4(12)8-9-5(6)13/h1H3,(H,7,11)(H,8,12)(H3,6,9,13). The molecule has 0 radical (unpaired) electrons. The fraction of sp³-hybridized carbons (Fsp3) is 0.200. The van der Waals surface area contributed by atoms with E-state index in [0.717, 1.165) is 11.7 Å². The molecule has 1 amide bonds. The molecular formula is C5H8N6OS2. The van der Waals surface area contributed by atoms with Crippen LogP contribution < -0.4 is 21.9 Å². The predicted molar refractivity (Wildman–Crippen MR) is 56.8 cm³/mol. The maximum atomic E-state index is 11.4. The highest BCUT2D eigenvalue weighted by Gasteiger charge is 2.14. The summed E-state index contributed by atoms with van der Waals surface area (Å²) in [5.41, 5.74) is 9.89. The van der Waals surface area contributed by atoms with Crippen molar-refractivity contribution in [3.63, 3.8) is 0 Å². The van der Waals surface area contributed by atoms with Crippen LogP contribution in [0.25, 0.3) is 0 Å². The number of hydrogen-bond donors (Lipinski definition) is 4.